The number of benzene rings is 1. The molecule has 0 heterocycles. The summed E-state index contributed by atoms with van der Waals surface area (Å²) in [4.78, 5) is 41.7. The molecule has 196 valence electrons. The minimum Gasteiger partial charge on any atom is -0.444 e. The number of hydrogen-bond donors (Lipinski definition) is 2. The Morgan fingerprint density at radius 2 is 1.66 bits per heavy atom. The van der Waals surface area contributed by atoms with E-state index in [9.17, 15) is 14.4 Å². The van der Waals surface area contributed by atoms with Crippen LogP contribution in [0, 0.1) is 19.8 Å². The van der Waals surface area contributed by atoms with Crippen LogP contribution in [0.3, 0.4) is 0 Å². The standard InChI is InChI=1S/C28H45N3O4/c1-9-18(2)23(30-27(34)35-28(5,6)7)26(33)31(8)24(22-19(3)14-13-15-20(22)4)25(32)29-21-16-11-10-12-17-21/h13-15,18,21,23-24H,9-12,16-17H2,1-8H3,(H,29,32)(H,30,34). The molecule has 0 aromatic heterocycles. The van der Waals surface area contributed by atoms with Crippen molar-refractivity contribution < 1.29 is 19.1 Å². The molecule has 1 saturated carbocycles. The fourth-order valence-corrected chi connectivity index (χ4v) is 4.75. The Balaban J connectivity index is 2.39. The van der Waals surface area contributed by atoms with E-state index in [2.05, 4.69) is 10.6 Å². The number of carbonyl (C=O) groups excluding carboxylic acids is 3. The molecular weight excluding hydrogens is 442 g/mol. The second-order valence-electron chi connectivity index (χ2n) is 11.0. The first-order chi connectivity index (χ1) is 16.4. The van der Waals surface area contributed by atoms with Gasteiger partial charge in [0, 0.05) is 13.1 Å². The van der Waals surface area contributed by atoms with Gasteiger partial charge in [0.1, 0.15) is 17.7 Å². The molecule has 0 bridgehead atoms. The molecule has 3 atom stereocenters. The van der Waals surface area contributed by atoms with Crippen LogP contribution in [0.5, 0.6) is 0 Å². The van der Waals surface area contributed by atoms with Crippen molar-refractivity contribution in [1.29, 1.82) is 0 Å². The Morgan fingerprint density at radius 3 is 2.17 bits per heavy atom. The molecule has 7 nitrogen and oxygen atoms in total. The van der Waals surface area contributed by atoms with E-state index in [1.165, 1.54) is 11.3 Å². The van der Waals surface area contributed by atoms with Gasteiger partial charge in [-0.25, -0.2) is 4.79 Å². The predicted octanol–water partition coefficient (Wildman–Crippen LogP) is 5.19. The molecule has 0 saturated heterocycles. The van der Waals surface area contributed by atoms with E-state index >= 15 is 0 Å². The Morgan fingerprint density at radius 1 is 1.09 bits per heavy atom. The first-order valence-corrected chi connectivity index (χ1v) is 13.0. The van der Waals surface area contributed by atoms with Crippen LogP contribution in [-0.4, -0.2) is 47.5 Å². The van der Waals surface area contributed by atoms with Crippen molar-refractivity contribution in [2.45, 2.75) is 111 Å². The summed E-state index contributed by atoms with van der Waals surface area (Å²) >= 11 is 0. The van der Waals surface area contributed by atoms with Gasteiger partial charge in [-0.1, -0.05) is 57.7 Å². The lowest BCUT2D eigenvalue weighted by atomic mass is 9.91. The molecule has 2 N–H and O–H groups in total. The van der Waals surface area contributed by atoms with Crippen molar-refractivity contribution >= 4 is 17.9 Å². The second-order valence-corrected chi connectivity index (χ2v) is 11.0. The highest BCUT2D eigenvalue weighted by atomic mass is 16.6. The van der Waals surface area contributed by atoms with Crippen LogP contribution in [-0.2, 0) is 14.3 Å². The van der Waals surface area contributed by atoms with E-state index in [-0.39, 0.29) is 23.8 Å². The van der Waals surface area contributed by atoms with E-state index in [1.807, 2.05) is 45.9 Å². The summed E-state index contributed by atoms with van der Waals surface area (Å²) in [6, 6.07) is 4.40. The topological polar surface area (TPSA) is 87.7 Å². The zero-order valence-electron chi connectivity index (χ0n) is 22.9. The summed E-state index contributed by atoms with van der Waals surface area (Å²) in [6.07, 6.45) is 5.35. The van der Waals surface area contributed by atoms with E-state index in [0.717, 1.165) is 42.4 Å². The van der Waals surface area contributed by atoms with E-state index in [1.54, 1.807) is 27.8 Å². The van der Waals surface area contributed by atoms with Crippen molar-refractivity contribution in [3.63, 3.8) is 0 Å². The number of hydrogen-bond acceptors (Lipinski definition) is 4. The van der Waals surface area contributed by atoms with Gasteiger partial charge in [0.15, 0.2) is 0 Å². The molecule has 1 fully saturated rings. The molecule has 1 aromatic rings. The Labute approximate surface area is 211 Å². The second kappa shape index (κ2) is 12.4. The largest absolute Gasteiger partial charge is 0.444 e. The highest BCUT2D eigenvalue weighted by Gasteiger charge is 2.37. The highest BCUT2D eigenvalue weighted by molar-refractivity contribution is 5.92. The number of likely N-dealkylation sites (N-methyl/N-ethyl adjacent to an activating group) is 1. The van der Waals surface area contributed by atoms with Crippen LogP contribution >= 0.6 is 0 Å². The highest BCUT2D eigenvalue weighted by Crippen LogP contribution is 2.29. The fourth-order valence-electron chi connectivity index (χ4n) is 4.75. The number of alkyl carbamates (subject to hydrolysis) is 1. The zero-order chi connectivity index (χ0) is 26.3. The van der Waals surface area contributed by atoms with Gasteiger partial charge < -0.3 is 20.3 Å². The van der Waals surface area contributed by atoms with Crippen molar-refractivity contribution in [3.8, 4) is 0 Å². The lowest BCUT2D eigenvalue weighted by Crippen LogP contribution is -2.54. The Bertz CT molecular complexity index is 866. The average molecular weight is 488 g/mol. The van der Waals surface area contributed by atoms with Crippen molar-refractivity contribution in [2.75, 3.05) is 7.05 Å². The van der Waals surface area contributed by atoms with Crippen molar-refractivity contribution in [3.05, 3.63) is 34.9 Å². The summed E-state index contributed by atoms with van der Waals surface area (Å²) in [5, 5.41) is 5.99. The molecule has 3 unspecified atom stereocenters. The van der Waals surface area contributed by atoms with Crippen molar-refractivity contribution in [1.82, 2.24) is 15.5 Å². The molecule has 1 aliphatic rings. The molecule has 1 aliphatic carbocycles. The third-order valence-corrected chi connectivity index (χ3v) is 6.90. The number of rotatable bonds is 8. The Hall–Kier alpha value is -2.57. The van der Waals surface area contributed by atoms with Gasteiger partial charge in [0.05, 0.1) is 0 Å². The van der Waals surface area contributed by atoms with Crippen LogP contribution in [0.1, 0.15) is 95.9 Å². The third-order valence-electron chi connectivity index (χ3n) is 6.90. The van der Waals surface area contributed by atoms with Gasteiger partial charge in [-0.15, -0.1) is 0 Å². The normalized spacial score (nSPS) is 17.1. The van der Waals surface area contributed by atoms with E-state index in [0.29, 0.717) is 6.42 Å². The van der Waals surface area contributed by atoms with Crippen LogP contribution in [0.4, 0.5) is 4.79 Å². The summed E-state index contributed by atoms with van der Waals surface area (Å²) < 4.78 is 5.42. The molecule has 2 rings (SSSR count). The minimum atomic E-state index is -0.811. The number of ether oxygens (including phenoxy) is 1. The molecule has 0 aliphatic heterocycles. The number of carbonyl (C=O) groups is 3. The molecule has 7 heteroatoms. The minimum absolute atomic E-state index is 0.122. The van der Waals surface area contributed by atoms with E-state index < -0.39 is 23.8 Å². The molecule has 1 aromatic carbocycles. The lowest BCUT2D eigenvalue weighted by Gasteiger charge is -2.35. The zero-order valence-corrected chi connectivity index (χ0v) is 22.9. The first kappa shape index (κ1) is 28.7. The lowest BCUT2D eigenvalue weighted by molar-refractivity contribution is -0.142. The summed E-state index contributed by atoms with van der Waals surface area (Å²) in [5.74, 6) is -0.625. The monoisotopic (exact) mass is 487 g/mol. The molecule has 0 spiro atoms. The first-order valence-electron chi connectivity index (χ1n) is 13.0. The maximum atomic E-state index is 13.9. The summed E-state index contributed by atoms with van der Waals surface area (Å²) in [7, 11) is 1.66. The number of aryl methyl sites for hydroxylation is 2. The quantitative estimate of drug-likeness (QED) is 0.528. The maximum absolute atomic E-state index is 13.9. The number of nitrogens with zero attached hydrogens (tertiary/aromatic N) is 1. The van der Waals surface area contributed by atoms with Crippen LogP contribution in [0.15, 0.2) is 18.2 Å². The molecule has 3 amide bonds. The van der Waals surface area contributed by atoms with E-state index in [4.69, 9.17) is 4.74 Å². The summed E-state index contributed by atoms with van der Waals surface area (Å²) in [6.45, 7) is 13.2. The van der Waals surface area contributed by atoms with Gasteiger partial charge in [0.2, 0.25) is 11.8 Å². The molecule has 35 heavy (non-hydrogen) atoms. The van der Waals surface area contributed by atoms with Crippen molar-refractivity contribution in [2.24, 2.45) is 5.92 Å². The summed E-state index contributed by atoms with van der Waals surface area (Å²) in [5.41, 5.74) is 2.05. The van der Waals surface area contributed by atoms with Gasteiger partial charge in [-0.2, -0.15) is 0 Å². The number of amides is 3. The smallest absolute Gasteiger partial charge is 0.408 e. The van der Waals surface area contributed by atoms with Gasteiger partial charge in [-0.05, 0) is 70.1 Å². The third kappa shape index (κ3) is 7.97. The Kier molecular flexibility index (Phi) is 10.2. The molecule has 0 radical (unpaired) electrons. The van der Waals surface area contributed by atoms with Crippen LogP contribution < -0.4 is 10.6 Å². The van der Waals surface area contributed by atoms with Gasteiger partial charge in [-0.3, -0.25) is 9.59 Å². The molecular formula is C28H45N3O4. The SMILES string of the molecule is CCC(C)C(NC(=O)OC(C)(C)C)C(=O)N(C)C(C(=O)NC1CCCCC1)c1c(C)cccc1C. The van der Waals surface area contributed by atoms with Crippen LogP contribution in [0.25, 0.3) is 0 Å². The van der Waals surface area contributed by atoms with Crippen LogP contribution in [0.2, 0.25) is 0 Å². The predicted molar refractivity (Wildman–Crippen MR) is 139 cm³/mol. The van der Waals surface area contributed by atoms with Gasteiger partial charge in [0.25, 0.3) is 0 Å². The average Bonchev–Trinajstić information content (AvgIpc) is 2.78. The fraction of sp³-hybridized carbons (Fsp3) is 0.679. The maximum Gasteiger partial charge on any atom is 0.408 e. The van der Waals surface area contributed by atoms with Gasteiger partial charge >= 0.3 is 6.09 Å². The number of nitrogens with one attached hydrogen (secondary N) is 2.